The summed E-state index contributed by atoms with van der Waals surface area (Å²) in [5.41, 5.74) is 0.575. The van der Waals surface area contributed by atoms with Crippen LogP contribution in [0, 0.1) is 0 Å². The fourth-order valence-corrected chi connectivity index (χ4v) is 2.98. The molecule has 3 heterocycles. The number of carbonyl (C=O) groups is 1. The third kappa shape index (κ3) is 3.52. The van der Waals surface area contributed by atoms with Crippen molar-refractivity contribution in [3.05, 3.63) is 22.7 Å². The number of likely N-dealkylation sites (tertiary alicyclic amines) is 1. The van der Waals surface area contributed by atoms with Crippen molar-refractivity contribution in [3.8, 4) is 0 Å². The molecule has 0 unspecified atom stereocenters. The van der Waals surface area contributed by atoms with Crippen LogP contribution in [0.5, 0.6) is 0 Å². The Morgan fingerprint density at radius 1 is 1.36 bits per heavy atom. The molecule has 2 atom stereocenters. The lowest BCUT2D eigenvalue weighted by atomic mass is 10.0. The highest BCUT2D eigenvalue weighted by atomic mass is 19.1. The molecule has 3 rings (SSSR count). The molecule has 1 amide bonds. The fourth-order valence-electron chi connectivity index (χ4n) is 2.98. The van der Waals surface area contributed by atoms with Gasteiger partial charge >= 0.3 is 6.09 Å². The molecule has 0 saturated carbocycles. The van der Waals surface area contributed by atoms with Gasteiger partial charge in [0.2, 0.25) is 5.95 Å². The van der Waals surface area contributed by atoms with Gasteiger partial charge in [-0.2, -0.15) is 4.98 Å². The van der Waals surface area contributed by atoms with E-state index in [0.29, 0.717) is 11.2 Å². The number of carboxylic acid groups (broad SMARTS) is 1. The first-order valence-corrected chi connectivity index (χ1v) is 7.98. The number of hydrogen-bond acceptors (Lipinski definition) is 6. The summed E-state index contributed by atoms with van der Waals surface area (Å²) >= 11 is 0. The number of anilines is 1. The maximum atomic E-state index is 13.8. The molecule has 1 fully saturated rings. The quantitative estimate of drug-likeness (QED) is 0.857. The molecule has 1 aliphatic rings. The van der Waals surface area contributed by atoms with Crippen LogP contribution in [0.2, 0.25) is 0 Å². The van der Waals surface area contributed by atoms with E-state index in [1.807, 2.05) is 13.8 Å². The number of fused-ring (bicyclic) bond motifs is 1. The number of amides is 1. The molecule has 2 aromatic heterocycles. The van der Waals surface area contributed by atoms with Crippen LogP contribution in [0.4, 0.5) is 15.1 Å². The van der Waals surface area contributed by atoms with Gasteiger partial charge in [0.25, 0.3) is 5.56 Å². The number of nitrogens with zero attached hydrogens (tertiary/aromatic N) is 5. The van der Waals surface area contributed by atoms with Crippen LogP contribution in [-0.4, -0.2) is 60.9 Å². The second-order valence-corrected chi connectivity index (χ2v) is 6.32. The Labute approximate surface area is 142 Å². The zero-order valence-electron chi connectivity index (χ0n) is 13.9. The van der Waals surface area contributed by atoms with Crippen LogP contribution >= 0.6 is 0 Å². The molecule has 134 valence electrons. The number of nitrogens with one attached hydrogen (secondary N) is 1. The molecule has 0 bridgehead atoms. The summed E-state index contributed by atoms with van der Waals surface area (Å²) in [5, 5.41) is 12.0. The standard InChI is InChI=1S/C15H19FN6O3/c1-8(2)22-12(23)5-17-11-4-18-14(20-13(11)22)19-10-3-9(16)6-21(7-10)15(24)25/h4-5,8-10H,3,6-7H2,1-2H3,(H,24,25)(H,18,19,20)/t9-,10-/m0/s1. The van der Waals surface area contributed by atoms with Crippen molar-refractivity contribution in [1.29, 1.82) is 0 Å². The fraction of sp³-hybridized carbons (Fsp3) is 0.533. The van der Waals surface area contributed by atoms with Crippen LogP contribution in [0.1, 0.15) is 26.3 Å². The molecule has 9 nitrogen and oxygen atoms in total. The SMILES string of the molecule is CC(C)n1c(=O)cnc2cnc(N[C@H]3C[C@H](F)CN(C(=O)O)C3)nc21. The smallest absolute Gasteiger partial charge is 0.407 e. The summed E-state index contributed by atoms with van der Waals surface area (Å²) in [5.74, 6) is 0.207. The third-order valence-corrected chi connectivity index (χ3v) is 4.05. The molecule has 1 aliphatic heterocycles. The maximum Gasteiger partial charge on any atom is 0.407 e. The van der Waals surface area contributed by atoms with E-state index in [1.165, 1.54) is 17.0 Å². The highest BCUT2D eigenvalue weighted by molar-refractivity contribution is 5.70. The minimum Gasteiger partial charge on any atom is -0.465 e. The van der Waals surface area contributed by atoms with Crippen molar-refractivity contribution < 1.29 is 14.3 Å². The molecule has 0 spiro atoms. The summed E-state index contributed by atoms with van der Waals surface area (Å²) in [6.45, 7) is 3.72. The summed E-state index contributed by atoms with van der Waals surface area (Å²) in [6.07, 6.45) is 0.450. The minimum atomic E-state index is -1.25. The Morgan fingerprint density at radius 3 is 2.80 bits per heavy atom. The van der Waals surface area contributed by atoms with Gasteiger partial charge in [-0.05, 0) is 13.8 Å². The van der Waals surface area contributed by atoms with Gasteiger partial charge in [0.15, 0.2) is 5.65 Å². The van der Waals surface area contributed by atoms with E-state index in [1.54, 1.807) is 0 Å². The lowest BCUT2D eigenvalue weighted by Crippen LogP contribution is -2.49. The van der Waals surface area contributed by atoms with Gasteiger partial charge in [-0.25, -0.2) is 19.2 Å². The highest BCUT2D eigenvalue weighted by Gasteiger charge is 2.30. The van der Waals surface area contributed by atoms with Crippen LogP contribution in [0.25, 0.3) is 11.2 Å². The Morgan fingerprint density at radius 2 is 2.12 bits per heavy atom. The average Bonchev–Trinajstić information content (AvgIpc) is 2.53. The van der Waals surface area contributed by atoms with Crippen molar-refractivity contribution in [1.82, 2.24) is 24.4 Å². The molecule has 2 aromatic rings. The lowest BCUT2D eigenvalue weighted by molar-refractivity contribution is 0.102. The molecule has 0 aliphatic carbocycles. The van der Waals surface area contributed by atoms with E-state index in [0.717, 1.165) is 4.90 Å². The first-order valence-electron chi connectivity index (χ1n) is 7.98. The van der Waals surface area contributed by atoms with E-state index < -0.39 is 18.3 Å². The van der Waals surface area contributed by atoms with E-state index >= 15 is 0 Å². The van der Waals surface area contributed by atoms with Crippen molar-refractivity contribution in [2.45, 2.75) is 38.5 Å². The Bertz CT molecular complexity index is 855. The number of piperidine rings is 1. The first kappa shape index (κ1) is 17.1. The predicted octanol–water partition coefficient (Wildman–Crippen LogP) is 1.27. The second-order valence-electron chi connectivity index (χ2n) is 6.32. The highest BCUT2D eigenvalue weighted by Crippen LogP contribution is 2.18. The lowest BCUT2D eigenvalue weighted by Gasteiger charge is -2.33. The number of aromatic nitrogens is 4. The van der Waals surface area contributed by atoms with E-state index in [-0.39, 0.29) is 37.1 Å². The van der Waals surface area contributed by atoms with Crippen molar-refractivity contribution in [3.63, 3.8) is 0 Å². The van der Waals surface area contributed by atoms with Crippen LogP contribution in [-0.2, 0) is 0 Å². The van der Waals surface area contributed by atoms with Gasteiger partial charge in [0.1, 0.15) is 11.7 Å². The van der Waals surface area contributed by atoms with Gasteiger partial charge in [0.05, 0.1) is 18.9 Å². The maximum absolute atomic E-state index is 13.8. The molecule has 25 heavy (non-hydrogen) atoms. The number of alkyl halides is 1. The van der Waals surface area contributed by atoms with Crippen molar-refractivity contribution >= 4 is 23.2 Å². The number of halogens is 1. The summed E-state index contributed by atoms with van der Waals surface area (Å²) in [6, 6.07) is -0.568. The topological polar surface area (TPSA) is 113 Å². The van der Waals surface area contributed by atoms with Crippen LogP contribution < -0.4 is 10.9 Å². The molecule has 0 radical (unpaired) electrons. The Kier molecular flexibility index (Phi) is 4.51. The molecule has 0 aromatic carbocycles. The third-order valence-electron chi connectivity index (χ3n) is 4.05. The normalized spacial score (nSPS) is 20.9. The summed E-state index contributed by atoms with van der Waals surface area (Å²) < 4.78 is 15.3. The summed E-state index contributed by atoms with van der Waals surface area (Å²) in [7, 11) is 0. The molecule has 1 saturated heterocycles. The molecular weight excluding hydrogens is 331 g/mol. The molecule has 10 heteroatoms. The zero-order chi connectivity index (χ0) is 18.1. The van der Waals surface area contributed by atoms with Gasteiger partial charge < -0.3 is 15.3 Å². The van der Waals surface area contributed by atoms with Gasteiger partial charge in [-0.3, -0.25) is 9.36 Å². The van der Waals surface area contributed by atoms with E-state index in [2.05, 4.69) is 20.3 Å². The zero-order valence-corrected chi connectivity index (χ0v) is 13.9. The van der Waals surface area contributed by atoms with Gasteiger partial charge in [-0.15, -0.1) is 0 Å². The van der Waals surface area contributed by atoms with Crippen molar-refractivity contribution in [2.24, 2.45) is 0 Å². The van der Waals surface area contributed by atoms with E-state index in [9.17, 15) is 14.0 Å². The largest absolute Gasteiger partial charge is 0.465 e. The van der Waals surface area contributed by atoms with Crippen molar-refractivity contribution in [2.75, 3.05) is 18.4 Å². The van der Waals surface area contributed by atoms with E-state index in [4.69, 9.17) is 5.11 Å². The first-order chi connectivity index (χ1) is 11.8. The predicted molar refractivity (Wildman–Crippen MR) is 88.5 cm³/mol. The minimum absolute atomic E-state index is 0.117. The Hall–Kier alpha value is -2.78. The second kappa shape index (κ2) is 6.61. The van der Waals surface area contributed by atoms with Gasteiger partial charge in [-0.1, -0.05) is 0 Å². The number of hydrogen-bond donors (Lipinski definition) is 2. The monoisotopic (exact) mass is 350 g/mol. The van der Waals surface area contributed by atoms with Crippen LogP contribution in [0.15, 0.2) is 17.2 Å². The molecule has 2 N–H and O–H groups in total. The average molecular weight is 350 g/mol. The molecular formula is C15H19FN6O3. The summed E-state index contributed by atoms with van der Waals surface area (Å²) in [4.78, 5) is 36.6. The Balaban J connectivity index is 1.90. The van der Waals surface area contributed by atoms with Gasteiger partial charge in [0, 0.05) is 25.0 Å². The number of rotatable bonds is 3. The van der Waals surface area contributed by atoms with Crippen LogP contribution in [0.3, 0.4) is 0 Å².